The number of nitrogens with zero attached hydrogens (tertiary/aromatic N) is 2. The molecule has 0 aromatic heterocycles. The second-order valence-corrected chi connectivity index (χ2v) is 7.41. The van der Waals surface area contributed by atoms with Crippen molar-refractivity contribution in [2.75, 3.05) is 32.7 Å². The highest BCUT2D eigenvalue weighted by Crippen LogP contribution is 2.20. The maximum atomic E-state index is 13.3. The monoisotopic (exact) mass is 361 g/mol. The van der Waals surface area contributed by atoms with Gasteiger partial charge in [-0.05, 0) is 43.4 Å². The van der Waals surface area contributed by atoms with E-state index in [4.69, 9.17) is 0 Å². The van der Waals surface area contributed by atoms with Crippen LogP contribution in [0.3, 0.4) is 0 Å². The van der Waals surface area contributed by atoms with Crippen molar-refractivity contribution in [2.45, 2.75) is 38.6 Å². The van der Waals surface area contributed by atoms with Gasteiger partial charge in [-0.3, -0.25) is 9.59 Å². The number of carbonyl (C=O) groups is 2. The third kappa shape index (κ3) is 4.61. The highest BCUT2D eigenvalue weighted by atomic mass is 19.1. The van der Waals surface area contributed by atoms with Gasteiger partial charge in [-0.1, -0.05) is 19.1 Å². The molecule has 0 aliphatic carbocycles. The molecular formula is C20H28FN3O2. The van der Waals surface area contributed by atoms with Gasteiger partial charge in [0.2, 0.25) is 11.8 Å². The van der Waals surface area contributed by atoms with Crippen LogP contribution in [0.2, 0.25) is 0 Å². The van der Waals surface area contributed by atoms with Crippen LogP contribution in [0.4, 0.5) is 4.39 Å². The Bertz CT molecular complexity index is 652. The summed E-state index contributed by atoms with van der Waals surface area (Å²) in [5, 5.41) is 3.09. The summed E-state index contributed by atoms with van der Waals surface area (Å²) < 4.78 is 13.3. The van der Waals surface area contributed by atoms with E-state index < -0.39 is 0 Å². The lowest BCUT2D eigenvalue weighted by molar-refractivity contribution is -0.142. The van der Waals surface area contributed by atoms with Crippen LogP contribution < -0.4 is 5.32 Å². The molecule has 2 aliphatic heterocycles. The molecule has 6 heteroatoms. The molecule has 2 unspecified atom stereocenters. The van der Waals surface area contributed by atoms with Crippen LogP contribution in [0.15, 0.2) is 24.3 Å². The Morgan fingerprint density at radius 1 is 1.38 bits per heavy atom. The highest BCUT2D eigenvalue weighted by Gasteiger charge is 2.32. The topological polar surface area (TPSA) is 52.7 Å². The van der Waals surface area contributed by atoms with E-state index in [0.29, 0.717) is 25.9 Å². The van der Waals surface area contributed by atoms with Gasteiger partial charge in [0.25, 0.3) is 0 Å². The third-order valence-electron chi connectivity index (χ3n) is 5.45. The third-order valence-corrected chi connectivity index (χ3v) is 5.45. The Morgan fingerprint density at radius 2 is 2.23 bits per heavy atom. The predicted octanol–water partition coefficient (Wildman–Crippen LogP) is 1.82. The van der Waals surface area contributed by atoms with Crippen molar-refractivity contribution >= 4 is 11.8 Å². The van der Waals surface area contributed by atoms with E-state index in [1.165, 1.54) is 12.1 Å². The van der Waals surface area contributed by atoms with Gasteiger partial charge < -0.3 is 15.1 Å². The number of hydrogen-bond acceptors (Lipinski definition) is 3. The second-order valence-electron chi connectivity index (χ2n) is 7.41. The molecule has 3 rings (SSSR count). The molecular weight excluding hydrogens is 333 g/mol. The summed E-state index contributed by atoms with van der Waals surface area (Å²) in [7, 11) is 0. The van der Waals surface area contributed by atoms with E-state index in [0.717, 1.165) is 38.0 Å². The van der Waals surface area contributed by atoms with Crippen LogP contribution in [0, 0.1) is 11.7 Å². The number of benzene rings is 1. The van der Waals surface area contributed by atoms with Crippen LogP contribution in [-0.2, 0) is 16.0 Å². The molecule has 2 aliphatic rings. The number of nitrogens with one attached hydrogen (secondary N) is 1. The molecule has 2 atom stereocenters. The SMILES string of the molecule is CC(CCc1cccc(F)c1)C(=O)N1CCCC(N2CCNCC2=O)C1. The van der Waals surface area contributed by atoms with Crippen LogP contribution in [0.1, 0.15) is 31.7 Å². The predicted molar refractivity (Wildman–Crippen MR) is 98.1 cm³/mol. The fraction of sp³-hybridized carbons (Fsp3) is 0.600. The maximum absolute atomic E-state index is 13.3. The number of carbonyl (C=O) groups excluding carboxylic acids is 2. The van der Waals surface area contributed by atoms with E-state index in [9.17, 15) is 14.0 Å². The number of aryl methyl sites for hydroxylation is 1. The van der Waals surface area contributed by atoms with Crippen molar-refractivity contribution in [3.8, 4) is 0 Å². The van der Waals surface area contributed by atoms with Crippen molar-refractivity contribution in [2.24, 2.45) is 5.92 Å². The molecule has 2 saturated heterocycles. The number of piperidine rings is 1. The molecule has 0 bridgehead atoms. The zero-order valence-electron chi connectivity index (χ0n) is 15.4. The van der Waals surface area contributed by atoms with Crippen LogP contribution in [-0.4, -0.2) is 60.4 Å². The lowest BCUT2D eigenvalue weighted by Gasteiger charge is -2.41. The Balaban J connectivity index is 1.53. The van der Waals surface area contributed by atoms with Gasteiger partial charge in [0.15, 0.2) is 0 Å². The maximum Gasteiger partial charge on any atom is 0.236 e. The van der Waals surface area contributed by atoms with Gasteiger partial charge in [-0.25, -0.2) is 4.39 Å². The Morgan fingerprint density at radius 3 is 3.00 bits per heavy atom. The molecule has 0 radical (unpaired) electrons. The normalized spacial score (nSPS) is 22.4. The molecule has 0 saturated carbocycles. The first kappa shape index (κ1) is 18.8. The number of likely N-dealkylation sites (tertiary alicyclic amines) is 1. The number of amides is 2. The van der Waals surface area contributed by atoms with Crippen LogP contribution >= 0.6 is 0 Å². The molecule has 2 amide bonds. The lowest BCUT2D eigenvalue weighted by Crippen LogP contribution is -2.57. The molecule has 26 heavy (non-hydrogen) atoms. The summed E-state index contributed by atoms with van der Waals surface area (Å²) in [6.45, 7) is 5.28. The average Bonchev–Trinajstić information content (AvgIpc) is 2.66. The molecule has 5 nitrogen and oxygen atoms in total. The van der Waals surface area contributed by atoms with Crippen molar-refractivity contribution < 1.29 is 14.0 Å². The Hall–Kier alpha value is -1.95. The largest absolute Gasteiger partial charge is 0.340 e. The molecule has 2 heterocycles. The number of piperazine rings is 1. The summed E-state index contributed by atoms with van der Waals surface area (Å²) in [6, 6.07) is 6.70. The number of rotatable bonds is 5. The zero-order valence-corrected chi connectivity index (χ0v) is 15.4. The average molecular weight is 361 g/mol. The van der Waals surface area contributed by atoms with Gasteiger partial charge in [0.1, 0.15) is 5.82 Å². The lowest BCUT2D eigenvalue weighted by atomic mass is 9.97. The summed E-state index contributed by atoms with van der Waals surface area (Å²) in [6.07, 6.45) is 3.30. The zero-order chi connectivity index (χ0) is 18.5. The Kier molecular flexibility index (Phi) is 6.25. The van der Waals surface area contributed by atoms with E-state index in [-0.39, 0.29) is 29.6 Å². The van der Waals surface area contributed by atoms with Gasteiger partial charge in [-0.2, -0.15) is 0 Å². The Labute approximate surface area is 154 Å². The second kappa shape index (κ2) is 8.62. The van der Waals surface area contributed by atoms with Crippen LogP contribution in [0.5, 0.6) is 0 Å². The molecule has 2 fully saturated rings. The first-order chi connectivity index (χ1) is 12.5. The minimum absolute atomic E-state index is 0.101. The highest BCUT2D eigenvalue weighted by molar-refractivity contribution is 5.80. The minimum atomic E-state index is -0.235. The standard InChI is InChI=1S/C20H28FN3O2/c1-15(7-8-16-4-2-5-17(21)12-16)20(26)23-10-3-6-18(14-23)24-11-9-22-13-19(24)25/h2,4-5,12,15,18,22H,3,6-11,13-14H2,1H3. The van der Waals surface area contributed by atoms with Gasteiger partial charge in [0, 0.05) is 38.1 Å². The number of hydrogen-bond donors (Lipinski definition) is 1. The molecule has 0 spiro atoms. The summed E-state index contributed by atoms with van der Waals surface area (Å²) >= 11 is 0. The molecule has 142 valence electrons. The van der Waals surface area contributed by atoms with Crippen molar-refractivity contribution in [1.82, 2.24) is 15.1 Å². The first-order valence-corrected chi connectivity index (χ1v) is 9.58. The fourth-order valence-corrected chi connectivity index (χ4v) is 3.93. The summed E-state index contributed by atoms with van der Waals surface area (Å²) in [4.78, 5) is 28.8. The first-order valence-electron chi connectivity index (χ1n) is 9.58. The molecule has 1 N–H and O–H groups in total. The van der Waals surface area contributed by atoms with E-state index in [2.05, 4.69) is 5.32 Å². The van der Waals surface area contributed by atoms with E-state index in [1.807, 2.05) is 22.8 Å². The van der Waals surface area contributed by atoms with Crippen molar-refractivity contribution in [3.05, 3.63) is 35.6 Å². The molecule has 1 aromatic carbocycles. The van der Waals surface area contributed by atoms with Crippen molar-refractivity contribution in [1.29, 1.82) is 0 Å². The number of halogens is 1. The summed E-state index contributed by atoms with van der Waals surface area (Å²) in [5.74, 6) is -0.0554. The van der Waals surface area contributed by atoms with Gasteiger partial charge in [-0.15, -0.1) is 0 Å². The van der Waals surface area contributed by atoms with Gasteiger partial charge in [0.05, 0.1) is 6.54 Å². The quantitative estimate of drug-likeness (QED) is 0.870. The smallest absolute Gasteiger partial charge is 0.236 e. The minimum Gasteiger partial charge on any atom is -0.340 e. The summed E-state index contributed by atoms with van der Waals surface area (Å²) in [5.41, 5.74) is 0.924. The van der Waals surface area contributed by atoms with Crippen molar-refractivity contribution in [3.63, 3.8) is 0 Å². The van der Waals surface area contributed by atoms with E-state index in [1.54, 1.807) is 6.07 Å². The van der Waals surface area contributed by atoms with E-state index >= 15 is 0 Å². The van der Waals surface area contributed by atoms with Gasteiger partial charge >= 0.3 is 0 Å². The fourth-order valence-electron chi connectivity index (χ4n) is 3.93. The molecule has 1 aromatic rings. The van der Waals surface area contributed by atoms with Crippen LogP contribution in [0.25, 0.3) is 0 Å².